The van der Waals surface area contributed by atoms with E-state index in [1.807, 2.05) is 43.5 Å². The molecular weight excluding hydrogens is 320 g/mol. The van der Waals surface area contributed by atoms with Crippen LogP contribution in [0.25, 0.3) is 0 Å². The van der Waals surface area contributed by atoms with Crippen LogP contribution in [-0.4, -0.2) is 10.5 Å². The second-order valence-electron chi connectivity index (χ2n) is 5.12. The third-order valence-corrected chi connectivity index (χ3v) is 4.69. The number of halogens is 1. The number of nitrogens with zero attached hydrogens (tertiary/aromatic N) is 1. The van der Waals surface area contributed by atoms with Gasteiger partial charge in [-0.25, -0.2) is 0 Å². The van der Waals surface area contributed by atoms with Gasteiger partial charge in [-0.1, -0.05) is 42.0 Å². The molecular formula is C16H19ClN2O2S. The molecule has 4 nitrogen and oxygen atoms in total. The van der Waals surface area contributed by atoms with E-state index in [0.29, 0.717) is 18.0 Å². The van der Waals surface area contributed by atoms with Crippen LogP contribution >= 0.6 is 22.9 Å². The fourth-order valence-electron chi connectivity index (χ4n) is 2.27. The number of thiazole rings is 1. The maximum atomic E-state index is 12.1. The van der Waals surface area contributed by atoms with Crippen LogP contribution in [0.15, 0.2) is 34.4 Å². The van der Waals surface area contributed by atoms with Gasteiger partial charge in [0.25, 0.3) is 0 Å². The molecule has 118 valence electrons. The molecule has 6 heteroatoms. The molecule has 2 aromatic rings. The Morgan fingerprint density at radius 1 is 1.36 bits per heavy atom. The van der Waals surface area contributed by atoms with Gasteiger partial charge in [-0.2, -0.15) is 0 Å². The SMILES string of the molecule is CC[C@H](NC(=O)CCn1c(C)csc1=O)c1ccc(Cl)cc1. The number of aromatic nitrogens is 1. The van der Waals surface area contributed by atoms with Crippen LogP contribution in [0.4, 0.5) is 0 Å². The van der Waals surface area contributed by atoms with Gasteiger partial charge in [0.05, 0.1) is 6.04 Å². The highest BCUT2D eigenvalue weighted by Gasteiger charge is 2.13. The van der Waals surface area contributed by atoms with E-state index in [1.165, 1.54) is 0 Å². The molecule has 1 heterocycles. The van der Waals surface area contributed by atoms with Crippen LogP contribution in [-0.2, 0) is 11.3 Å². The summed E-state index contributed by atoms with van der Waals surface area (Å²) < 4.78 is 1.63. The summed E-state index contributed by atoms with van der Waals surface area (Å²) in [4.78, 5) is 23.7. The molecule has 2 rings (SSSR count). The van der Waals surface area contributed by atoms with Gasteiger partial charge >= 0.3 is 4.87 Å². The average molecular weight is 339 g/mol. The maximum absolute atomic E-state index is 12.1. The minimum atomic E-state index is -0.0562. The predicted molar refractivity (Wildman–Crippen MR) is 90.6 cm³/mol. The van der Waals surface area contributed by atoms with E-state index in [9.17, 15) is 9.59 Å². The molecule has 0 aliphatic rings. The summed E-state index contributed by atoms with van der Waals surface area (Å²) in [6, 6.07) is 7.44. The Hall–Kier alpha value is -1.59. The first kappa shape index (κ1) is 16.8. The van der Waals surface area contributed by atoms with Gasteiger partial charge in [-0.15, -0.1) is 0 Å². The highest BCUT2D eigenvalue weighted by atomic mass is 35.5. The van der Waals surface area contributed by atoms with Crippen molar-refractivity contribution in [1.29, 1.82) is 0 Å². The zero-order valence-electron chi connectivity index (χ0n) is 12.6. The van der Waals surface area contributed by atoms with Gasteiger partial charge in [0.1, 0.15) is 0 Å². The van der Waals surface area contributed by atoms with Crippen LogP contribution < -0.4 is 10.2 Å². The highest BCUT2D eigenvalue weighted by Crippen LogP contribution is 2.19. The molecule has 1 amide bonds. The number of carbonyl (C=O) groups excluding carboxylic acids is 1. The molecule has 0 saturated carbocycles. The maximum Gasteiger partial charge on any atom is 0.307 e. The number of rotatable bonds is 6. The Morgan fingerprint density at radius 3 is 2.59 bits per heavy atom. The smallest absolute Gasteiger partial charge is 0.307 e. The topological polar surface area (TPSA) is 51.1 Å². The zero-order valence-corrected chi connectivity index (χ0v) is 14.2. The molecule has 0 radical (unpaired) electrons. The lowest BCUT2D eigenvalue weighted by Crippen LogP contribution is -2.29. The molecule has 22 heavy (non-hydrogen) atoms. The molecule has 0 bridgehead atoms. The summed E-state index contributed by atoms with van der Waals surface area (Å²) in [5.74, 6) is -0.0562. The Morgan fingerprint density at radius 2 is 2.05 bits per heavy atom. The van der Waals surface area contributed by atoms with Crippen molar-refractivity contribution in [2.75, 3.05) is 0 Å². The van der Waals surface area contributed by atoms with Gasteiger partial charge in [0.2, 0.25) is 5.91 Å². The number of hydrogen-bond donors (Lipinski definition) is 1. The summed E-state index contributed by atoms with van der Waals surface area (Å²) in [6.45, 7) is 4.31. The highest BCUT2D eigenvalue weighted by molar-refractivity contribution is 7.07. The lowest BCUT2D eigenvalue weighted by Gasteiger charge is -2.17. The first-order valence-corrected chi connectivity index (χ1v) is 8.46. The van der Waals surface area contributed by atoms with E-state index >= 15 is 0 Å². The molecule has 1 aromatic heterocycles. The standard InChI is InChI=1S/C16H19ClN2O2S/c1-3-14(12-4-6-13(17)7-5-12)18-15(20)8-9-19-11(2)10-22-16(19)21/h4-7,10,14H,3,8-9H2,1-2H3,(H,18,20)/t14-/m0/s1. The summed E-state index contributed by atoms with van der Waals surface area (Å²) >= 11 is 7.05. The predicted octanol–water partition coefficient (Wildman–Crippen LogP) is 3.53. The van der Waals surface area contributed by atoms with Crippen LogP contribution in [0.2, 0.25) is 5.02 Å². The molecule has 1 atom stereocenters. The van der Waals surface area contributed by atoms with Crippen molar-refractivity contribution in [1.82, 2.24) is 9.88 Å². The molecule has 1 aromatic carbocycles. The van der Waals surface area contributed by atoms with E-state index in [2.05, 4.69) is 5.32 Å². The minimum Gasteiger partial charge on any atom is -0.349 e. The van der Waals surface area contributed by atoms with Gasteiger partial charge in [-0.05, 0) is 31.0 Å². The third-order valence-electron chi connectivity index (χ3n) is 3.55. The first-order valence-electron chi connectivity index (χ1n) is 7.21. The van der Waals surface area contributed by atoms with Gasteiger partial charge in [0, 0.05) is 29.1 Å². The number of aryl methyl sites for hydroxylation is 1. The number of nitrogens with one attached hydrogen (secondary N) is 1. The van der Waals surface area contributed by atoms with Crippen molar-refractivity contribution >= 4 is 28.8 Å². The molecule has 0 fully saturated rings. The molecule has 1 N–H and O–H groups in total. The van der Waals surface area contributed by atoms with Crippen molar-refractivity contribution in [3.8, 4) is 0 Å². The Labute approximate surface area is 138 Å². The Balaban J connectivity index is 1.95. The van der Waals surface area contributed by atoms with E-state index in [-0.39, 0.29) is 16.8 Å². The number of amides is 1. The van der Waals surface area contributed by atoms with Gasteiger partial charge in [-0.3, -0.25) is 9.59 Å². The lowest BCUT2D eigenvalue weighted by molar-refractivity contribution is -0.122. The fourth-order valence-corrected chi connectivity index (χ4v) is 3.16. The normalized spacial score (nSPS) is 12.1. The van der Waals surface area contributed by atoms with Crippen LogP contribution in [0.1, 0.15) is 37.1 Å². The quantitative estimate of drug-likeness (QED) is 0.876. The van der Waals surface area contributed by atoms with Crippen molar-refractivity contribution in [3.05, 3.63) is 55.6 Å². The molecule has 0 aliphatic heterocycles. The van der Waals surface area contributed by atoms with E-state index < -0.39 is 0 Å². The summed E-state index contributed by atoms with van der Waals surface area (Å²) in [6.07, 6.45) is 1.09. The largest absolute Gasteiger partial charge is 0.349 e. The summed E-state index contributed by atoms with van der Waals surface area (Å²) in [5.41, 5.74) is 1.93. The van der Waals surface area contributed by atoms with Crippen molar-refractivity contribution in [2.24, 2.45) is 0 Å². The number of benzene rings is 1. The lowest BCUT2D eigenvalue weighted by atomic mass is 10.0. The van der Waals surface area contributed by atoms with Gasteiger partial charge in [0.15, 0.2) is 0 Å². The fraction of sp³-hybridized carbons (Fsp3) is 0.375. The second kappa shape index (κ2) is 7.61. The third kappa shape index (κ3) is 4.21. The van der Waals surface area contributed by atoms with Crippen LogP contribution in [0, 0.1) is 6.92 Å². The molecule has 0 saturated heterocycles. The number of carbonyl (C=O) groups is 1. The monoisotopic (exact) mass is 338 g/mol. The minimum absolute atomic E-state index is 0.0185. The molecule has 0 unspecified atom stereocenters. The van der Waals surface area contributed by atoms with Crippen molar-refractivity contribution in [3.63, 3.8) is 0 Å². The van der Waals surface area contributed by atoms with Crippen molar-refractivity contribution < 1.29 is 4.79 Å². The van der Waals surface area contributed by atoms with E-state index in [4.69, 9.17) is 11.6 Å². The summed E-state index contributed by atoms with van der Waals surface area (Å²) in [7, 11) is 0. The molecule has 0 aliphatic carbocycles. The zero-order chi connectivity index (χ0) is 16.1. The van der Waals surface area contributed by atoms with Crippen molar-refractivity contribution in [2.45, 2.75) is 39.3 Å². The Kier molecular flexibility index (Phi) is 5.80. The summed E-state index contributed by atoms with van der Waals surface area (Å²) in [5, 5.41) is 5.50. The Bertz CT molecular complexity index is 691. The second-order valence-corrected chi connectivity index (χ2v) is 6.38. The number of hydrogen-bond acceptors (Lipinski definition) is 3. The van der Waals surface area contributed by atoms with Crippen LogP contribution in [0.3, 0.4) is 0 Å². The van der Waals surface area contributed by atoms with E-state index in [1.54, 1.807) is 4.57 Å². The van der Waals surface area contributed by atoms with E-state index in [0.717, 1.165) is 29.0 Å². The molecule has 0 spiro atoms. The first-order chi connectivity index (χ1) is 10.5. The van der Waals surface area contributed by atoms with Crippen LogP contribution in [0.5, 0.6) is 0 Å². The van der Waals surface area contributed by atoms with Gasteiger partial charge < -0.3 is 9.88 Å². The average Bonchev–Trinajstić information content (AvgIpc) is 2.82.